The molecule has 158 valence electrons. The molecule has 2 rings (SSSR count). The van der Waals surface area contributed by atoms with E-state index in [0.29, 0.717) is 0 Å². The first-order valence-corrected chi connectivity index (χ1v) is 9.74. The summed E-state index contributed by atoms with van der Waals surface area (Å²) in [5.74, 6) is -2.86. The van der Waals surface area contributed by atoms with Gasteiger partial charge in [0.25, 0.3) is 11.8 Å². The van der Waals surface area contributed by atoms with Crippen LogP contribution in [0.4, 0.5) is 0 Å². The average molecular weight is 431 g/mol. The van der Waals surface area contributed by atoms with Crippen LogP contribution in [-0.4, -0.2) is 36.3 Å². The quantitative estimate of drug-likeness (QED) is 0.626. The molecule has 0 fully saturated rings. The minimum absolute atomic E-state index is 0.0308. The van der Waals surface area contributed by atoms with Crippen LogP contribution in [0.1, 0.15) is 29.8 Å². The third kappa shape index (κ3) is 7.00. The molecule has 8 heteroatoms. The maximum absolute atomic E-state index is 12.4. The number of carbonyl (C=O) groups excluding carboxylic acids is 4. The molecule has 0 aliphatic carbocycles. The minimum Gasteiger partial charge on any atom is -0.454 e. The van der Waals surface area contributed by atoms with E-state index in [1.165, 1.54) is 6.07 Å². The van der Waals surface area contributed by atoms with Crippen LogP contribution >= 0.6 is 11.6 Å². The van der Waals surface area contributed by atoms with Gasteiger partial charge in [-0.25, -0.2) is 4.79 Å². The molecular formula is C22H23ClN2O5. The number of carbonyl (C=O) groups is 4. The molecule has 3 amide bonds. The molecule has 7 nitrogen and oxygen atoms in total. The van der Waals surface area contributed by atoms with Crippen molar-refractivity contribution >= 4 is 35.3 Å². The van der Waals surface area contributed by atoms with Crippen LogP contribution in [0.2, 0.25) is 5.02 Å². The summed E-state index contributed by atoms with van der Waals surface area (Å²) in [6, 6.07) is 14.4. The minimum atomic E-state index is -0.985. The second-order valence-electron chi connectivity index (χ2n) is 6.92. The second kappa shape index (κ2) is 11.1. The highest BCUT2D eigenvalue weighted by Gasteiger charge is 2.27. The first-order chi connectivity index (χ1) is 14.3. The Balaban J connectivity index is 1.87. The Morgan fingerprint density at radius 2 is 1.57 bits per heavy atom. The van der Waals surface area contributed by atoms with E-state index in [0.717, 1.165) is 5.56 Å². The molecule has 0 radical (unpaired) electrons. The van der Waals surface area contributed by atoms with Gasteiger partial charge in [0.15, 0.2) is 6.61 Å². The molecule has 2 aromatic carbocycles. The van der Waals surface area contributed by atoms with Crippen molar-refractivity contribution in [2.75, 3.05) is 6.61 Å². The Labute approximate surface area is 179 Å². The molecule has 0 saturated carbocycles. The molecule has 0 heterocycles. The lowest BCUT2D eigenvalue weighted by Crippen LogP contribution is -2.46. The van der Waals surface area contributed by atoms with E-state index in [1.807, 2.05) is 6.07 Å². The van der Waals surface area contributed by atoms with Gasteiger partial charge in [0.2, 0.25) is 5.91 Å². The average Bonchev–Trinajstić information content (AvgIpc) is 2.70. The number of rotatable bonds is 8. The highest BCUT2D eigenvalue weighted by molar-refractivity contribution is 6.33. The number of nitrogens with one attached hydrogen (secondary N) is 2. The number of halogens is 1. The first-order valence-electron chi connectivity index (χ1n) is 9.36. The second-order valence-corrected chi connectivity index (χ2v) is 7.32. The summed E-state index contributed by atoms with van der Waals surface area (Å²) < 4.78 is 4.99. The third-order valence-electron chi connectivity index (χ3n) is 4.16. The maximum atomic E-state index is 12.4. The van der Waals surface area contributed by atoms with Gasteiger partial charge >= 0.3 is 5.97 Å². The molecule has 0 aliphatic rings. The van der Waals surface area contributed by atoms with Crippen LogP contribution in [0.15, 0.2) is 54.6 Å². The summed E-state index contributed by atoms with van der Waals surface area (Å²) in [6.07, 6.45) is 0.0308. The van der Waals surface area contributed by atoms with Crippen molar-refractivity contribution in [1.82, 2.24) is 10.6 Å². The van der Waals surface area contributed by atoms with Gasteiger partial charge in [0, 0.05) is 0 Å². The highest BCUT2D eigenvalue weighted by atomic mass is 35.5. The van der Waals surface area contributed by atoms with Crippen LogP contribution < -0.4 is 10.6 Å². The molecule has 1 atom stereocenters. The zero-order valence-electron chi connectivity index (χ0n) is 16.7. The number of ether oxygens (including phenoxy) is 1. The molecule has 0 saturated heterocycles. The summed E-state index contributed by atoms with van der Waals surface area (Å²) in [5, 5.41) is 4.99. The molecular weight excluding hydrogens is 408 g/mol. The smallest absolute Gasteiger partial charge is 0.329 e. The van der Waals surface area contributed by atoms with E-state index in [4.69, 9.17) is 16.3 Å². The van der Waals surface area contributed by atoms with E-state index in [2.05, 4.69) is 10.6 Å². The van der Waals surface area contributed by atoms with Gasteiger partial charge in [-0.1, -0.05) is 67.9 Å². The molecule has 0 aromatic heterocycles. The van der Waals surface area contributed by atoms with Crippen LogP contribution in [-0.2, 0) is 25.5 Å². The normalized spacial score (nSPS) is 11.5. The van der Waals surface area contributed by atoms with E-state index in [1.54, 1.807) is 56.3 Å². The summed E-state index contributed by atoms with van der Waals surface area (Å²) in [4.78, 5) is 48.6. The number of benzene rings is 2. The van der Waals surface area contributed by atoms with Crippen molar-refractivity contribution in [3.63, 3.8) is 0 Å². The first kappa shape index (κ1) is 23.1. The van der Waals surface area contributed by atoms with Gasteiger partial charge in [-0.2, -0.15) is 0 Å². The molecule has 30 heavy (non-hydrogen) atoms. The zero-order valence-corrected chi connectivity index (χ0v) is 17.4. The number of imide groups is 1. The molecule has 2 N–H and O–H groups in total. The predicted molar refractivity (Wildman–Crippen MR) is 112 cm³/mol. The molecule has 0 aliphatic heterocycles. The summed E-state index contributed by atoms with van der Waals surface area (Å²) in [6.45, 7) is 2.81. The Morgan fingerprint density at radius 3 is 2.20 bits per heavy atom. The Hall–Kier alpha value is -3.19. The SMILES string of the molecule is CC(C)C(NC(=O)c1ccccc1Cl)C(=O)OCC(=O)NC(=O)Cc1ccccc1. The van der Waals surface area contributed by atoms with Gasteiger partial charge in [-0.3, -0.25) is 19.7 Å². The lowest BCUT2D eigenvalue weighted by molar-refractivity contribution is -0.152. The monoisotopic (exact) mass is 430 g/mol. The van der Waals surface area contributed by atoms with Crippen LogP contribution in [0.5, 0.6) is 0 Å². The van der Waals surface area contributed by atoms with E-state index in [9.17, 15) is 19.2 Å². The van der Waals surface area contributed by atoms with Gasteiger partial charge < -0.3 is 10.1 Å². The van der Waals surface area contributed by atoms with Crippen LogP contribution in [0.25, 0.3) is 0 Å². The fourth-order valence-corrected chi connectivity index (χ4v) is 2.83. The summed E-state index contributed by atoms with van der Waals surface area (Å²) in [5.41, 5.74) is 0.976. The lowest BCUT2D eigenvalue weighted by atomic mass is 10.0. The summed E-state index contributed by atoms with van der Waals surface area (Å²) in [7, 11) is 0. The number of amides is 3. The van der Waals surface area contributed by atoms with Crippen molar-refractivity contribution in [1.29, 1.82) is 0 Å². The van der Waals surface area contributed by atoms with Crippen molar-refractivity contribution < 1.29 is 23.9 Å². The fraction of sp³-hybridized carbons (Fsp3) is 0.273. The third-order valence-corrected chi connectivity index (χ3v) is 4.49. The molecule has 0 spiro atoms. The van der Waals surface area contributed by atoms with E-state index < -0.39 is 36.3 Å². The van der Waals surface area contributed by atoms with Crippen molar-refractivity contribution in [3.8, 4) is 0 Å². The summed E-state index contributed by atoms with van der Waals surface area (Å²) >= 11 is 6.01. The molecule has 2 aromatic rings. The van der Waals surface area contributed by atoms with Crippen molar-refractivity contribution in [2.45, 2.75) is 26.3 Å². The maximum Gasteiger partial charge on any atom is 0.329 e. The van der Waals surface area contributed by atoms with Gasteiger partial charge in [-0.15, -0.1) is 0 Å². The van der Waals surface area contributed by atoms with Crippen molar-refractivity contribution in [3.05, 3.63) is 70.7 Å². The number of esters is 1. The lowest BCUT2D eigenvalue weighted by Gasteiger charge is -2.21. The number of hydrogen-bond acceptors (Lipinski definition) is 5. The van der Waals surface area contributed by atoms with Gasteiger partial charge in [0.05, 0.1) is 17.0 Å². The zero-order chi connectivity index (χ0) is 22.1. The Bertz CT molecular complexity index is 915. The van der Waals surface area contributed by atoms with E-state index >= 15 is 0 Å². The van der Waals surface area contributed by atoms with Crippen LogP contribution in [0.3, 0.4) is 0 Å². The Morgan fingerprint density at radius 1 is 0.933 bits per heavy atom. The fourth-order valence-electron chi connectivity index (χ4n) is 2.61. The standard InChI is InChI=1S/C22H23ClN2O5/c1-14(2)20(25-21(28)16-10-6-7-11-17(16)23)22(29)30-13-19(27)24-18(26)12-15-8-4-3-5-9-15/h3-11,14,20H,12-13H2,1-2H3,(H,25,28)(H,24,26,27). The van der Waals surface area contributed by atoms with Gasteiger partial charge in [0.1, 0.15) is 6.04 Å². The predicted octanol–water partition coefficient (Wildman–Crippen LogP) is 2.52. The molecule has 0 bridgehead atoms. The topological polar surface area (TPSA) is 102 Å². The van der Waals surface area contributed by atoms with Gasteiger partial charge in [-0.05, 0) is 23.6 Å². The Kier molecular flexibility index (Phi) is 8.55. The van der Waals surface area contributed by atoms with Crippen molar-refractivity contribution in [2.24, 2.45) is 5.92 Å². The molecule has 1 unspecified atom stereocenters. The highest BCUT2D eigenvalue weighted by Crippen LogP contribution is 2.15. The largest absolute Gasteiger partial charge is 0.454 e. The number of hydrogen-bond donors (Lipinski definition) is 2. The van der Waals surface area contributed by atoms with Crippen LogP contribution in [0, 0.1) is 5.92 Å². The van der Waals surface area contributed by atoms with E-state index in [-0.39, 0.29) is 22.9 Å².